The summed E-state index contributed by atoms with van der Waals surface area (Å²) in [5, 5.41) is 2.89. The summed E-state index contributed by atoms with van der Waals surface area (Å²) in [6.45, 7) is 1.29. The minimum Gasteiger partial charge on any atom is -0.486 e. The molecule has 1 N–H and O–H groups in total. The molecule has 0 saturated carbocycles. The van der Waals surface area contributed by atoms with Crippen LogP contribution in [0.25, 0.3) is 11.0 Å². The monoisotopic (exact) mass is 455 g/mol. The van der Waals surface area contributed by atoms with Gasteiger partial charge in [0.2, 0.25) is 11.9 Å². The van der Waals surface area contributed by atoms with E-state index >= 15 is 0 Å². The van der Waals surface area contributed by atoms with Crippen LogP contribution >= 0.6 is 0 Å². The van der Waals surface area contributed by atoms with Gasteiger partial charge in [0.1, 0.15) is 19.3 Å². The van der Waals surface area contributed by atoms with Crippen molar-refractivity contribution in [1.29, 1.82) is 0 Å². The second kappa shape index (κ2) is 8.18. The van der Waals surface area contributed by atoms with E-state index in [2.05, 4.69) is 10.3 Å². The number of fused-ring (bicyclic) bond motifs is 4. The molecule has 4 heterocycles. The van der Waals surface area contributed by atoms with Crippen molar-refractivity contribution >= 4 is 34.5 Å². The van der Waals surface area contributed by atoms with Gasteiger partial charge in [-0.1, -0.05) is 18.2 Å². The van der Waals surface area contributed by atoms with Gasteiger partial charge in [0.25, 0.3) is 5.91 Å². The number of imidazole rings is 1. The number of aromatic nitrogens is 3. The fourth-order valence-electron chi connectivity index (χ4n) is 4.43. The van der Waals surface area contributed by atoms with Gasteiger partial charge in [-0.2, -0.15) is 0 Å². The van der Waals surface area contributed by atoms with Crippen molar-refractivity contribution in [3.8, 4) is 11.5 Å². The fourth-order valence-corrected chi connectivity index (χ4v) is 4.43. The van der Waals surface area contributed by atoms with Crippen molar-refractivity contribution in [2.75, 3.05) is 23.4 Å². The molecule has 2 amide bonds. The number of nitrogens with zero attached hydrogens (tertiary/aromatic N) is 4. The Bertz CT molecular complexity index is 1400. The number of carbonyl (C=O) groups is 2. The highest BCUT2D eigenvalue weighted by atomic mass is 16.6. The molecule has 0 fully saturated rings. The number of amides is 2. The molecule has 0 aliphatic carbocycles. The van der Waals surface area contributed by atoms with Crippen molar-refractivity contribution in [3.63, 3.8) is 0 Å². The van der Waals surface area contributed by atoms with Crippen molar-refractivity contribution in [1.82, 2.24) is 14.5 Å². The highest BCUT2D eigenvalue weighted by Gasteiger charge is 2.41. The molecule has 0 spiro atoms. The number of hydrogen-bond acceptors (Lipinski definition) is 6. The minimum absolute atomic E-state index is 0.0236. The maximum absolute atomic E-state index is 13.5. The van der Waals surface area contributed by atoms with Gasteiger partial charge in [0.15, 0.2) is 11.5 Å². The molecule has 2 aliphatic heterocycles. The Morgan fingerprint density at radius 1 is 1.06 bits per heavy atom. The first-order valence-electron chi connectivity index (χ1n) is 11.0. The maximum Gasteiger partial charge on any atom is 0.253 e. The highest BCUT2D eigenvalue weighted by molar-refractivity contribution is 6.05. The number of anilines is 2. The molecule has 34 heavy (non-hydrogen) atoms. The maximum atomic E-state index is 13.5. The van der Waals surface area contributed by atoms with Crippen LogP contribution in [-0.2, 0) is 16.1 Å². The van der Waals surface area contributed by atoms with Gasteiger partial charge in [-0.05, 0) is 35.9 Å². The van der Waals surface area contributed by atoms with Crippen LogP contribution in [0.4, 0.5) is 11.6 Å². The first-order valence-corrected chi connectivity index (χ1v) is 11.0. The molecular formula is C25H21N5O4. The van der Waals surface area contributed by atoms with E-state index in [1.807, 2.05) is 41.0 Å². The summed E-state index contributed by atoms with van der Waals surface area (Å²) in [7, 11) is 0. The quantitative estimate of drug-likeness (QED) is 0.496. The zero-order valence-electron chi connectivity index (χ0n) is 18.2. The van der Waals surface area contributed by atoms with Crippen molar-refractivity contribution in [2.45, 2.75) is 19.0 Å². The number of benzene rings is 2. The van der Waals surface area contributed by atoms with E-state index in [0.717, 1.165) is 16.6 Å². The van der Waals surface area contributed by atoms with Gasteiger partial charge in [-0.25, -0.2) is 4.98 Å². The number of carbonyl (C=O) groups excluding carboxylic acids is 2. The van der Waals surface area contributed by atoms with Crippen molar-refractivity contribution in [3.05, 3.63) is 72.6 Å². The molecule has 0 unspecified atom stereocenters. The summed E-state index contributed by atoms with van der Waals surface area (Å²) in [6, 6.07) is 15.9. The van der Waals surface area contributed by atoms with Crippen molar-refractivity contribution < 1.29 is 19.1 Å². The van der Waals surface area contributed by atoms with Crippen LogP contribution in [0.2, 0.25) is 0 Å². The molecule has 6 rings (SSSR count). The summed E-state index contributed by atoms with van der Waals surface area (Å²) >= 11 is 0. The largest absolute Gasteiger partial charge is 0.486 e. The lowest BCUT2D eigenvalue weighted by molar-refractivity contribution is -0.124. The Labute approximate surface area is 194 Å². The lowest BCUT2D eigenvalue weighted by Gasteiger charge is -2.19. The Morgan fingerprint density at radius 3 is 2.76 bits per heavy atom. The molecule has 0 bridgehead atoms. The number of ether oxygens (including phenoxy) is 2. The van der Waals surface area contributed by atoms with Crippen molar-refractivity contribution in [2.24, 2.45) is 0 Å². The smallest absolute Gasteiger partial charge is 0.253 e. The zero-order valence-corrected chi connectivity index (χ0v) is 18.2. The molecule has 9 nitrogen and oxygen atoms in total. The number of rotatable bonds is 5. The average Bonchev–Trinajstić information content (AvgIpc) is 3.35. The third-order valence-electron chi connectivity index (χ3n) is 5.95. The summed E-state index contributed by atoms with van der Waals surface area (Å²) in [5.41, 5.74) is 3.06. The molecule has 170 valence electrons. The molecule has 0 radical (unpaired) electrons. The first-order chi connectivity index (χ1) is 16.7. The molecule has 1 atom stereocenters. The van der Waals surface area contributed by atoms with Crippen LogP contribution in [0, 0.1) is 0 Å². The minimum atomic E-state index is -0.698. The Balaban J connectivity index is 1.28. The van der Waals surface area contributed by atoms with Crippen LogP contribution in [0.5, 0.6) is 11.5 Å². The fraction of sp³-hybridized carbons (Fsp3) is 0.200. The van der Waals surface area contributed by atoms with Gasteiger partial charge in [-0.15, -0.1) is 0 Å². The van der Waals surface area contributed by atoms with Crippen LogP contribution < -0.4 is 19.7 Å². The molecule has 4 aromatic rings. The summed E-state index contributed by atoms with van der Waals surface area (Å²) in [5.74, 6) is 1.32. The van der Waals surface area contributed by atoms with E-state index in [-0.39, 0.29) is 18.2 Å². The Kier molecular flexibility index (Phi) is 4.87. The van der Waals surface area contributed by atoms with Gasteiger partial charge in [0, 0.05) is 24.1 Å². The number of pyridine rings is 1. The van der Waals surface area contributed by atoms with E-state index in [1.165, 1.54) is 0 Å². The Morgan fingerprint density at radius 2 is 1.91 bits per heavy atom. The van der Waals surface area contributed by atoms with Gasteiger partial charge in [-0.3, -0.25) is 24.0 Å². The zero-order chi connectivity index (χ0) is 23.1. The topological polar surface area (TPSA) is 98.6 Å². The van der Waals surface area contributed by atoms with E-state index in [9.17, 15) is 9.59 Å². The number of hydrogen-bond donors (Lipinski definition) is 1. The SMILES string of the molecule is O=C(C[C@@H]1C(=O)N(Cc2cccnc2)c2nc3ccccc3n21)Nc1ccc2c(c1)OCCO2. The molecule has 9 heteroatoms. The Hall–Kier alpha value is -4.40. The van der Waals surface area contributed by atoms with E-state index in [0.29, 0.717) is 42.9 Å². The molecule has 2 aliphatic rings. The standard InChI is InChI=1S/C25H21N5O4/c31-23(27-17-7-8-21-22(12-17)34-11-10-33-21)13-20-24(32)29(15-16-4-3-9-26-14-16)25-28-18-5-1-2-6-19(18)30(20)25/h1-9,12,14,20H,10-11,13,15H2,(H,27,31)/t20-/m1/s1. The predicted octanol–water partition coefficient (Wildman–Crippen LogP) is 3.32. The van der Waals surface area contributed by atoms with Crippen LogP contribution in [0.1, 0.15) is 18.0 Å². The van der Waals surface area contributed by atoms with Crippen LogP contribution in [0.15, 0.2) is 67.0 Å². The molecule has 2 aromatic carbocycles. The lowest BCUT2D eigenvalue weighted by Crippen LogP contribution is -2.31. The summed E-state index contributed by atoms with van der Waals surface area (Å²) in [4.78, 5) is 37.0. The van der Waals surface area contributed by atoms with E-state index < -0.39 is 6.04 Å². The molecular weight excluding hydrogens is 434 g/mol. The van der Waals surface area contributed by atoms with E-state index in [1.54, 1.807) is 35.5 Å². The van der Waals surface area contributed by atoms with Crippen LogP contribution in [0.3, 0.4) is 0 Å². The van der Waals surface area contributed by atoms with Gasteiger partial charge < -0.3 is 14.8 Å². The summed E-state index contributed by atoms with van der Waals surface area (Å²) in [6.07, 6.45) is 3.39. The van der Waals surface area contributed by atoms with Crippen LogP contribution in [-0.4, -0.2) is 39.6 Å². The summed E-state index contributed by atoms with van der Waals surface area (Å²) < 4.78 is 13.0. The molecule has 2 aromatic heterocycles. The van der Waals surface area contributed by atoms with Gasteiger partial charge in [0.05, 0.1) is 24.0 Å². The number of para-hydroxylation sites is 2. The third-order valence-corrected chi connectivity index (χ3v) is 5.95. The second-order valence-electron chi connectivity index (χ2n) is 8.18. The predicted molar refractivity (Wildman–Crippen MR) is 125 cm³/mol. The van der Waals surface area contributed by atoms with E-state index in [4.69, 9.17) is 14.5 Å². The second-order valence-corrected chi connectivity index (χ2v) is 8.18. The number of nitrogens with one attached hydrogen (secondary N) is 1. The lowest BCUT2D eigenvalue weighted by atomic mass is 10.1. The normalized spacial score (nSPS) is 16.5. The van der Waals surface area contributed by atoms with Gasteiger partial charge >= 0.3 is 0 Å². The third kappa shape index (κ3) is 3.51. The molecule has 0 saturated heterocycles. The highest BCUT2D eigenvalue weighted by Crippen LogP contribution is 2.38. The first kappa shape index (κ1) is 20.2. The average molecular weight is 455 g/mol.